The van der Waals surface area contributed by atoms with Crippen molar-refractivity contribution in [1.29, 1.82) is 0 Å². The number of carbonyl (C=O) groups is 2. The number of pyridine rings is 3. The number of thioether (sulfide) groups is 1. The van der Waals surface area contributed by atoms with E-state index in [1.54, 1.807) is 24.4 Å². The standard InChI is InChI=1S/C23H24N6O5S/c1-33-20-5-3-16-21(28-20)15(6-7-25-16)17-11-29(23(32)34-17)10-14(30)9-24-8-13-2-4-18-22(26-13)27-19(31)12-35-18/h2-7,14,17,24,30H,8-12H2,1H3,(H,26,27,31). The Morgan fingerprint density at radius 1 is 1.29 bits per heavy atom. The highest BCUT2D eigenvalue weighted by molar-refractivity contribution is 8.00. The van der Waals surface area contributed by atoms with E-state index in [9.17, 15) is 14.7 Å². The van der Waals surface area contributed by atoms with Gasteiger partial charge in [0.25, 0.3) is 0 Å². The summed E-state index contributed by atoms with van der Waals surface area (Å²) < 4.78 is 10.8. The molecule has 5 heterocycles. The van der Waals surface area contributed by atoms with Gasteiger partial charge in [-0.1, -0.05) is 0 Å². The summed E-state index contributed by atoms with van der Waals surface area (Å²) in [5.41, 5.74) is 2.77. The highest BCUT2D eigenvalue weighted by Gasteiger charge is 2.34. The minimum Gasteiger partial charge on any atom is -0.481 e. The summed E-state index contributed by atoms with van der Waals surface area (Å²) in [6.45, 7) is 1.07. The Balaban J connectivity index is 1.16. The molecule has 1 fully saturated rings. The first-order valence-electron chi connectivity index (χ1n) is 11.1. The van der Waals surface area contributed by atoms with E-state index < -0.39 is 18.3 Å². The molecule has 1 saturated heterocycles. The molecule has 35 heavy (non-hydrogen) atoms. The van der Waals surface area contributed by atoms with E-state index in [0.717, 1.165) is 16.2 Å². The van der Waals surface area contributed by atoms with Crippen LogP contribution in [0.3, 0.4) is 0 Å². The Morgan fingerprint density at radius 3 is 3.03 bits per heavy atom. The molecule has 0 spiro atoms. The number of aromatic nitrogens is 3. The van der Waals surface area contributed by atoms with Gasteiger partial charge in [0, 0.05) is 30.9 Å². The summed E-state index contributed by atoms with van der Waals surface area (Å²) in [6, 6.07) is 9.12. The maximum atomic E-state index is 12.5. The quantitative estimate of drug-likeness (QED) is 0.422. The SMILES string of the molecule is COc1ccc2nccc(C3CN(CC(O)CNCc4ccc5c(n4)NC(=O)CS5)C(=O)O3)c2n1. The van der Waals surface area contributed by atoms with E-state index in [4.69, 9.17) is 9.47 Å². The molecular weight excluding hydrogens is 472 g/mol. The monoisotopic (exact) mass is 496 g/mol. The van der Waals surface area contributed by atoms with Gasteiger partial charge in [-0.15, -0.1) is 11.8 Å². The van der Waals surface area contributed by atoms with Crippen LogP contribution in [-0.4, -0.2) is 75.6 Å². The molecule has 2 unspecified atom stereocenters. The molecule has 12 heteroatoms. The first-order chi connectivity index (χ1) is 17.0. The smallest absolute Gasteiger partial charge is 0.410 e. The van der Waals surface area contributed by atoms with Gasteiger partial charge in [0.2, 0.25) is 11.8 Å². The zero-order valence-electron chi connectivity index (χ0n) is 18.9. The van der Waals surface area contributed by atoms with Crippen LogP contribution in [0.4, 0.5) is 10.6 Å². The van der Waals surface area contributed by atoms with Gasteiger partial charge < -0.3 is 30.1 Å². The van der Waals surface area contributed by atoms with Gasteiger partial charge in [-0.2, -0.15) is 0 Å². The zero-order valence-corrected chi connectivity index (χ0v) is 19.7. The number of nitrogens with zero attached hydrogens (tertiary/aromatic N) is 4. The number of carbonyl (C=O) groups excluding carboxylic acids is 2. The van der Waals surface area contributed by atoms with Crippen molar-refractivity contribution in [3.05, 3.63) is 47.8 Å². The molecule has 5 rings (SSSR count). The Bertz CT molecular complexity index is 1270. The number of ether oxygens (including phenoxy) is 2. The molecule has 182 valence electrons. The number of aliphatic hydroxyl groups is 1. The maximum absolute atomic E-state index is 12.5. The lowest BCUT2D eigenvalue weighted by Gasteiger charge is -2.19. The Hall–Kier alpha value is -3.48. The van der Waals surface area contributed by atoms with Gasteiger partial charge in [-0.05, 0) is 24.3 Å². The second-order valence-corrected chi connectivity index (χ2v) is 9.19. The average molecular weight is 497 g/mol. The molecule has 0 aliphatic carbocycles. The first-order valence-corrected chi connectivity index (χ1v) is 12.1. The van der Waals surface area contributed by atoms with Gasteiger partial charge >= 0.3 is 6.09 Å². The zero-order chi connectivity index (χ0) is 24.4. The fourth-order valence-corrected chi connectivity index (χ4v) is 4.76. The lowest BCUT2D eigenvalue weighted by Crippen LogP contribution is -2.38. The third-order valence-electron chi connectivity index (χ3n) is 5.68. The van der Waals surface area contributed by atoms with Crippen LogP contribution in [0.2, 0.25) is 0 Å². The minimum atomic E-state index is -0.804. The largest absolute Gasteiger partial charge is 0.481 e. The van der Waals surface area contributed by atoms with E-state index in [0.29, 0.717) is 35.0 Å². The van der Waals surface area contributed by atoms with Crippen molar-refractivity contribution in [1.82, 2.24) is 25.2 Å². The summed E-state index contributed by atoms with van der Waals surface area (Å²) in [6.07, 6.45) is -0.173. The summed E-state index contributed by atoms with van der Waals surface area (Å²) >= 11 is 1.46. The van der Waals surface area contributed by atoms with Crippen LogP contribution in [0, 0.1) is 0 Å². The molecule has 2 aliphatic heterocycles. The van der Waals surface area contributed by atoms with Crippen molar-refractivity contribution in [2.45, 2.75) is 23.6 Å². The number of fused-ring (bicyclic) bond motifs is 2. The predicted molar refractivity (Wildman–Crippen MR) is 128 cm³/mol. The Kier molecular flexibility index (Phi) is 6.66. The summed E-state index contributed by atoms with van der Waals surface area (Å²) in [5.74, 6) is 1.33. The van der Waals surface area contributed by atoms with Crippen LogP contribution < -0.4 is 15.4 Å². The molecule has 0 bridgehead atoms. The number of cyclic esters (lactones) is 1. The molecule has 0 saturated carbocycles. The predicted octanol–water partition coefficient (Wildman–Crippen LogP) is 1.72. The third kappa shape index (κ3) is 5.14. The molecule has 2 aliphatic rings. The van der Waals surface area contributed by atoms with Gasteiger partial charge in [0.1, 0.15) is 11.9 Å². The van der Waals surface area contributed by atoms with Gasteiger partial charge in [-0.3, -0.25) is 9.78 Å². The van der Waals surface area contributed by atoms with E-state index in [-0.39, 0.29) is 25.5 Å². The topological polar surface area (TPSA) is 139 Å². The van der Waals surface area contributed by atoms with Crippen LogP contribution in [0.1, 0.15) is 17.4 Å². The summed E-state index contributed by atoms with van der Waals surface area (Å²) in [5, 5.41) is 16.4. The second-order valence-electron chi connectivity index (χ2n) is 8.17. The number of hydrogen-bond donors (Lipinski definition) is 3. The highest BCUT2D eigenvalue weighted by Crippen LogP contribution is 2.31. The van der Waals surface area contributed by atoms with E-state index in [1.165, 1.54) is 23.8 Å². The van der Waals surface area contributed by atoms with Crippen molar-refractivity contribution < 1.29 is 24.2 Å². The van der Waals surface area contributed by atoms with Crippen LogP contribution in [0.15, 0.2) is 41.4 Å². The number of methoxy groups -OCH3 is 1. The Morgan fingerprint density at radius 2 is 2.17 bits per heavy atom. The van der Waals surface area contributed by atoms with Crippen molar-refractivity contribution in [3.63, 3.8) is 0 Å². The minimum absolute atomic E-state index is 0.0685. The summed E-state index contributed by atoms with van der Waals surface area (Å²) in [4.78, 5) is 39.7. The molecular formula is C23H24N6O5S. The molecule has 3 N–H and O–H groups in total. The highest BCUT2D eigenvalue weighted by atomic mass is 32.2. The van der Waals surface area contributed by atoms with Crippen molar-refractivity contribution in [3.8, 4) is 5.88 Å². The molecule has 2 amide bonds. The fraction of sp³-hybridized carbons (Fsp3) is 0.348. The number of nitrogens with one attached hydrogen (secondary N) is 2. The number of amides is 2. The average Bonchev–Trinajstić information content (AvgIpc) is 3.22. The second kappa shape index (κ2) is 10.0. The van der Waals surface area contributed by atoms with Crippen LogP contribution in [-0.2, 0) is 16.1 Å². The lowest BCUT2D eigenvalue weighted by atomic mass is 10.1. The molecule has 2 atom stereocenters. The lowest BCUT2D eigenvalue weighted by molar-refractivity contribution is -0.113. The molecule has 3 aromatic rings. The van der Waals surface area contributed by atoms with Crippen molar-refractivity contribution in [2.75, 3.05) is 37.8 Å². The maximum Gasteiger partial charge on any atom is 0.410 e. The fourth-order valence-electron chi connectivity index (χ4n) is 4.01. The van der Waals surface area contributed by atoms with E-state index in [1.807, 2.05) is 12.1 Å². The van der Waals surface area contributed by atoms with Crippen LogP contribution in [0.25, 0.3) is 11.0 Å². The number of hydrogen-bond acceptors (Lipinski definition) is 10. The van der Waals surface area contributed by atoms with Gasteiger partial charge in [-0.25, -0.2) is 14.8 Å². The summed E-state index contributed by atoms with van der Waals surface area (Å²) in [7, 11) is 1.54. The van der Waals surface area contributed by atoms with Crippen LogP contribution in [0.5, 0.6) is 5.88 Å². The number of rotatable bonds is 8. The number of β-amino-alcohol motifs (C(OH)–C–C–N with tert-alkyl or cyclic N) is 1. The molecule has 3 aromatic heterocycles. The molecule has 11 nitrogen and oxygen atoms in total. The number of anilines is 1. The molecule has 0 aromatic carbocycles. The van der Waals surface area contributed by atoms with E-state index in [2.05, 4.69) is 25.6 Å². The van der Waals surface area contributed by atoms with Gasteiger partial charge in [0.05, 0.1) is 53.7 Å². The van der Waals surface area contributed by atoms with E-state index >= 15 is 0 Å². The number of aliphatic hydroxyl groups excluding tert-OH is 1. The third-order valence-corrected chi connectivity index (χ3v) is 6.73. The molecule has 0 radical (unpaired) electrons. The first kappa shape index (κ1) is 23.3. The van der Waals surface area contributed by atoms with Crippen molar-refractivity contribution >= 4 is 40.6 Å². The van der Waals surface area contributed by atoms with Crippen LogP contribution >= 0.6 is 11.8 Å². The normalized spacial score (nSPS) is 18.2. The van der Waals surface area contributed by atoms with Crippen molar-refractivity contribution in [2.24, 2.45) is 0 Å². The Labute approximate surface area is 205 Å². The van der Waals surface area contributed by atoms with Gasteiger partial charge in [0.15, 0.2) is 0 Å².